The molecule has 0 bridgehead atoms. The van der Waals surface area contributed by atoms with Gasteiger partial charge in [-0.1, -0.05) is 6.07 Å². The van der Waals surface area contributed by atoms with Crippen LogP contribution >= 0.6 is 0 Å². The zero-order chi connectivity index (χ0) is 25.7. The van der Waals surface area contributed by atoms with Crippen molar-refractivity contribution in [2.45, 2.75) is 18.8 Å². The molecule has 1 atom stereocenters. The largest absolute Gasteiger partial charge is 0.573 e. The van der Waals surface area contributed by atoms with Crippen molar-refractivity contribution in [2.24, 2.45) is 0 Å². The van der Waals surface area contributed by atoms with Gasteiger partial charge in [-0.2, -0.15) is 5.10 Å². The van der Waals surface area contributed by atoms with E-state index in [1.54, 1.807) is 30.5 Å². The summed E-state index contributed by atoms with van der Waals surface area (Å²) < 4.78 is 55.7. The lowest BCUT2D eigenvalue weighted by atomic mass is 10.0. The van der Waals surface area contributed by atoms with E-state index in [9.17, 15) is 27.5 Å². The van der Waals surface area contributed by atoms with Gasteiger partial charge in [0.2, 0.25) is 0 Å². The number of nitrogens with one attached hydrogen (secondary N) is 2. The van der Waals surface area contributed by atoms with Crippen molar-refractivity contribution < 1.29 is 32.2 Å². The average molecular weight is 500 g/mol. The van der Waals surface area contributed by atoms with Gasteiger partial charge in [-0.15, -0.1) is 13.2 Å². The maximum atomic E-state index is 13.3. The van der Waals surface area contributed by atoms with Gasteiger partial charge in [0.1, 0.15) is 11.6 Å². The summed E-state index contributed by atoms with van der Waals surface area (Å²) in [6, 6.07) is 15.0. The SMILES string of the molecule is O=C(N[C@@H](CO)Cc1ccccn1)c1cc(OC(F)(F)F)ccc1-c1cc(-c2ccc(F)cc2)[nH]n1. The molecule has 0 spiro atoms. The van der Waals surface area contributed by atoms with Crippen molar-refractivity contribution in [3.63, 3.8) is 0 Å². The number of benzene rings is 2. The molecule has 0 aliphatic carbocycles. The van der Waals surface area contributed by atoms with Crippen LogP contribution < -0.4 is 10.1 Å². The molecule has 2 aromatic heterocycles. The molecule has 36 heavy (non-hydrogen) atoms. The van der Waals surface area contributed by atoms with E-state index in [1.807, 2.05) is 0 Å². The Kier molecular flexibility index (Phi) is 7.30. The lowest BCUT2D eigenvalue weighted by molar-refractivity contribution is -0.274. The van der Waals surface area contributed by atoms with Crippen LogP contribution in [0.3, 0.4) is 0 Å². The number of aromatic amines is 1. The lowest BCUT2D eigenvalue weighted by Crippen LogP contribution is -2.39. The van der Waals surface area contributed by atoms with E-state index in [4.69, 9.17) is 0 Å². The summed E-state index contributed by atoms with van der Waals surface area (Å²) in [6.45, 7) is -0.423. The van der Waals surface area contributed by atoms with Crippen LogP contribution in [-0.4, -0.2) is 45.2 Å². The van der Waals surface area contributed by atoms with Gasteiger partial charge in [0.05, 0.1) is 29.6 Å². The van der Waals surface area contributed by atoms with E-state index in [0.717, 1.165) is 12.1 Å². The van der Waals surface area contributed by atoms with Crippen molar-refractivity contribution >= 4 is 5.91 Å². The van der Waals surface area contributed by atoms with Crippen molar-refractivity contribution in [1.82, 2.24) is 20.5 Å². The van der Waals surface area contributed by atoms with Crippen LogP contribution in [0.4, 0.5) is 17.6 Å². The van der Waals surface area contributed by atoms with E-state index in [2.05, 4.69) is 25.2 Å². The van der Waals surface area contributed by atoms with Gasteiger partial charge in [0, 0.05) is 23.9 Å². The molecule has 11 heteroatoms. The highest BCUT2D eigenvalue weighted by molar-refractivity contribution is 6.01. The molecule has 2 heterocycles. The number of rotatable bonds is 8. The normalized spacial score (nSPS) is 12.2. The Morgan fingerprint density at radius 1 is 1.08 bits per heavy atom. The summed E-state index contributed by atoms with van der Waals surface area (Å²) in [7, 11) is 0. The molecule has 0 aliphatic heterocycles. The number of carbonyl (C=O) groups excluding carboxylic acids is 1. The maximum absolute atomic E-state index is 13.3. The third-order valence-corrected chi connectivity index (χ3v) is 5.22. The summed E-state index contributed by atoms with van der Waals surface area (Å²) in [6.07, 6.45) is -3.18. The molecule has 3 N–H and O–H groups in total. The molecule has 7 nitrogen and oxygen atoms in total. The van der Waals surface area contributed by atoms with Crippen LogP contribution in [-0.2, 0) is 6.42 Å². The minimum absolute atomic E-state index is 0.145. The number of amides is 1. The topological polar surface area (TPSA) is 100 Å². The number of H-pyrrole nitrogens is 1. The monoisotopic (exact) mass is 500 g/mol. The number of hydrogen-bond acceptors (Lipinski definition) is 5. The van der Waals surface area contributed by atoms with Gasteiger partial charge in [-0.05, 0) is 66.2 Å². The zero-order valence-electron chi connectivity index (χ0n) is 18.6. The van der Waals surface area contributed by atoms with E-state index in [1.165, 1.54) is 30.3 Å². The summed E-state index contributed by atoms with van der Waals surface area (Å²) in [5, 5.41) is 19.4. The Labute approximate surface area is 202 Å². The minimum atomic E-state index is -4.95. The molecule has 0 aliphatic rings. The molecule has 4 aromatic rings. The Balaban J connectivity index is 1.66. The van der Waals surface area contributed by atoms with Crippen molar-refractivity contribution in [1.29, 1.82) is 0 Å². The van der Waals surface area contributed by atoms with Crippen LogP contribution in [0.25, 0.3) is 22.5 Å². The molecule has 1 amide bonds. The Morgan fingerprint density at radius 2 is 1.86 bits per heavy atom. The van der Waals surface area contributed by atoms with Gasteiger partial charge in [0.15, 0.2) is 0 Å². The summed E-state index contributed by atoms with van der Waals surface area (Å²) in [5.74, 6) is -1.74. The van der Waals surface area contributed by atoms with Crippen molar-refractivity contribution in [2.75, 3.05) is 6.61 Å². The van der Waals surface area contributed by atoms with Gasteiger partial charge in [0.25, 0.3) is 5.91 Å². The fourth-order valence-electron chi connectivity index (χ4n) is 3.56. The second-order valence-corrected chi connectivity index (χ2v) is 7.81. The molecule has 2 aromatic carbocycles. The lowest BCUT2D eigenvalue weighted by Gasteiger charge is -2.18. The maximum Gasteiger partial charge on any atom is 0.573 e. The van der Waals surface area contributed by atoms with Crippen molar-refractivity contribution in [3.05, 3.63) is 90.0 Å². The van der Waals surface area contributed by atoms with Gasteiger partial charge >= 0.3 is 6.36 Å². The fourth-order valence-corrected chi connectivity index (χ4v) is 3.56. The first-order valence-corrected chi connectivity index (χ1v) is 10.7. The highest BCUT2D eigenvalue weighted by atomic mass is 19.4. The number of pyridine rings is 1. The molecule has 0 unspecified atom stereocenters. The molecular formula is C25H20F4N4O3. The molecule has 0 fully saturated rings. The number of hydrogen-bond donors (Lipinski definition) is 3. The third kappa shape index (κ3) is 6.25. The Morgan fingerprint density at radius 3 is 2.53 bits per heavy atom. The van der Waals surface area contributed by atoms with Crippen LogP contribution in [0, 0.1) is 5.82 Å². The Hall–Kier alpha value is -4.25. The number of alkyl halides is 3. The highest BCUT2D eigenvalue weighted by Crippen LogP contribution is 2.31. The second kappa shape index (κ2) is 10.6. The predicted molar refractivity (Wildman–Crippen MR) is 122 cm³/mol. The summed E-state index contributed by atoms with van der Waals surface area (Å²) >= 11 is 0. The van der Waals surface area contributed by atoms with Gasteiger partial charge in [-0.3, -0.25) is 14.9 Å². The predicted octanol–water partition coefficient (Wildman–Crippen LogP) is 4.51. The molecule has 186 valence electrons. The molecule has 4 rings (SSSR count). The third-order valence-electron chi connectivity index (χ3n) is 5.22. The smallest absolute Gasteiger partial charge is 0.406 e. The first-order valence-electron chi connectivity index (χ1n) is 10.7. The van der Waals surface area contributed by atoms with Gasteiger partial charge < -0.3 is 15.2 Å². The number of carbonyl (C=O) groups is 1. The quantitative estimate of drug-likeness (QED) is 0.309. The van der Waals surface area contributed by atoms with Crippen LogP contribution in [0.1, 0.15) is 16.1 Å². The summed E-state index contributed by atoms with van der Waals surface area (Å²) in [4.78, 5) is 17.3. The first-order chi connectivity index (χ1) is 17.2. The number of aliphatic hydroxyl groups excluding tert-OH is 1. The van der Waals surface area contributed by atoms with Crippen LogP contribution in [0.2, 0.25) is 0 Å². The van der Waals surface area contributed by atoms with E-state index in [0.29, 0.717) is 17.0 Å². The van der Waals surface area contributed by atoms with Crippen molar-refractivity contribution in [3.8, 4) is 28.3 Å². The Bertz CT molecular complexity index is 1330. The summed E-state index contributed by atoms with van der Waals surface area (Å²) in [5.41, 5.74) is 2.09. The van der Waals surface area contributed by atoms with Gasteiger partial charge in [-0.25, -0.2) is 4.39 Å². The molecule has 0 saturated heterocycles. The van der Waals surface area contributed by atoms with E-state index in [-0.39, 0.29) is 23.2 Å². The number of ether oxygens (including phenoxy) is 1. The van der Waals surface area contributed by atoms with Crippen LogP contribution in [0.15, 0.2) is 72.9 Å². The number of aromatic nitrogens is 3. The average Bonchev–Trinajstić information content (AvgIpc) is 3.33. The fraction of sp³-hybridized carbons (Fsp3) is 0.160. The first kappa shape index (κ1) is 24.9. The number of halogens is 4. The molecular weight excluding hydrogens is 480 g/mol. The van der Waals surface area contributed by atoms with E-state index < -0.39 is 36.5 Å². The van der Waals surface area contributed by atoms with Crippen LogP contribution in [0.5, 0.6) is 5.75 Å². The highest BCUT2D eigenvalue weighted by Gasteiger charge is 2.32. The number of aliphatic hydroxyl groups is 1. The number of nitrogens with zero attached hydrogens (tertiary/aromatic N) is 2. The minimum Gasteiger partial charge on any atom is -0.406 e. The second-order valence-electron chi connectivity index (χ2n) is 7.81. The zero-order valence-corrected chi connectivity index (χ0v) is 18.6. The molecule has 0 saturated carbocycles. The van der Waals surface area contributed by atoms with E-state index >= 15 is 0 Å². The molecule has 0 radical (unpaired) electrons. The standard InChI is InChI=1S/C25H20F4N4O3/c26-16-6-4-15(5-7-16)22-13-23(33-32-22)20-9-8-19(36-25(27,28)29)12-21(20)24(35)31-18(14-34)11-17-3-1-2-10-30-17/h1-10,12-13,18,34H,11,14H2,(H,31,35)(H,32,33)/t18-/m1/s1.